The Hall–Kier alpha value is -3.97. The first-order chi connectivity index (χ1) is 16.7. The van der Waals surface area contributed by atoms with Crippen molar-refractivity contribution in [2.45, 2.75) is 38.8 Å². The number of ketones is 1. The molecule has 0 saturated carbocycles. The summed E-state index contributed by atoms with van der Waals surface area (Å²) >= 11 is 0. The molecule has 0 radical (unpaired) electrons. The number of nitriles is 2. The normalized spacial score (nSPS) is 21.8. The minimum Gasteiger partial charge on any atom is -0.493 e. The van der Waals surface area contributed by atoms with Gasteiger partial charge in [-0.3, -0.25) is 4.79 Å². The van der Waals surface area contributed by atoms with Crippen LogP contribution in [0.3, 0.4) is 0 Å². The Kier molecular flexibility index (Phi) is 5.99. The highest BCUT2D eigenvalue weighted by atomic mass is 16.5. The van der Waals surface area contributed by atoms with Crippen molar-refractivity contribution in [2.24, 2.45) is 10.8 Å². The number of rotatable bonds is 5. The lowest BCUT2D eigenvalue weighted by Crippen LogP contribution is -2.43. The van der Waals surface area contributed by atoms with E-state index < -0.39 is 28.8 Å². The summed E-state index contributed by atoms with van der Waals surface area (Å²) in [4.78, 5) is 15.9. The molecule has 2 heterocycles. The fourth-order valence-electron chi connectivity index (χ4n) is 5.39. The van der Waals surface area contributed by atoms with Gasteiger partial charge in [0.15, 0.2) is 22.7 Å². The average molecular weight is 472 g/mol. The minimum atomic E-state index is -1.56. The second kappa shape index (κ2) is 8.67. The first-order valence-electron chi connectivity index (χ1n) is 11.4. The second-order valence-corrected chi connectivity index (χ2v) is 9.88. The fraction of sp³-hybridized carbons (Fsp3) is 0.393. The highest BCUT2D eigenvalue weighted by molar-refractivity contribution is 5.91. The predicted molar refractivity (Wildman–Crippen MR) is 131 cm³/mol. The molecule has 0 aromatic heterocycles. The van der Waals surface area contributed by atoms with Crippen molar-refractivity contribution in [3.05, 3.63) is 59.3 Å². The summed E-state index contributed by atoms with van der Waals surface area (Å²) in [5.41, 5.74) is 0.109. The quantitative estimate of drug-likeness (QED) is 0.615. The van der Waals surface area contributed by atoms with Gasteiger partial charge >= 0.3 is 0 Å². The fourth-order valence-corrected chi connectivity index (χ4v) is 5.39. The van der Waals surface area contributed by atoms with Crippen LogP contribution in [0.4, 0.5) is 0 Å². The summed E-state index contributed by atoms with van der Waals surface area (Å²) in [6.45, 7) is 5.57. The number of fused-ring (bicyclic) bond motifs is 3. The molecule has 3 atom stereocenters. The molecule has 4 rings (SSSR count). The third-order valence-electron chi connectivity index (χ3n) is 7.00. The summed E-state index contributed by atoms with van der Waals surface area (Å²) in [5, 5.41) is 21.3. The number of hydrogen-bond acceptors (Lipinski definition) is 7. The van der Waals surface area contributed by atoms with Gasteiger partial charge in [0.2, 0.25) is 5.75 Å². The van der Waals surface area contributed by atoms with Crippen LogP contribution in [-0.4, -0.2) is 38.1 Å². The van der Waals surface area contributed by atoms with Crippen molar-refractivity contribution < 1.29 is 19.0 Å². The van der Waals surface area contributed by atoms with E-state index in [2.05, 4.69) is 12.1 Å². The lowest BCUT2D eigenvalue weighted by atomic mass is 9.66. The van der Waals surface area contributed by atoms with Crippen molar-refractivity contribution in [1.82, 2.24) is 4.90 Å². The van der Waals surface area contributed by atoms with E-state index in [4.69, 9.17) is 14.2 Å². The Morgan fingerprint density at radius 3 is 2.11 bits per heavy atom. The average Bonchev–Trinajstić information content (AvgIpc) is 3.17. The highest BCUT2D eigenvalue weighted by Crippen LogP contribution is 2.61. The van der Waals surface area contributed by atoms with Gasteiger partial charge in [-0.05, 0) is 34.9 Å². The van der Waals surface area contributed by atoms with Gasteiger partial charge in [0.1, 0.15) is 0 Å². The molecule has 180 valence electrons. The van der Waals surface area contributed by atoms with Crippen LogP contribution >= 0.6 is 0 Å². The van der Waals surface area contributed by atoms with Gasteiger partial charge in [-0.25, -0.2) is 0 Å². The van der Waals surface area contributed by atoms with Crippen LogP contribution in [0.2, 0.25) is 0 Å². The molecule has 1 fully saturated rings. The van der Waals surface area contributed by atoms with Crippen LogP contribution in [-0.2, 0) is 4.79 Å². The molecule has 2 aliphatic heterocycles. The molecule has 0 unspecified atom stereocenters. The zero-order valence-corrected chi connectivity index (χ0v) is 20.8. The maximum Gasteiger partial charge on any atom is 0.203 e. The van der Waals surface area contributed by atoms with Crippen molar-refractivity contribution in [2.75, 3.05) is 21.3 Å². The zero-order chi connectivity index (χ0) is 25.5. The summed E-state index contributed by atoms with van der Waals surface area (Å²) in [6, 6.07) is 14.5. The molecule has 7 nitrogen and oxygen atoms in total. The second-order valence-electron chi connectivity index (χ2n) is 9.88. The number of Topliss-reactive ketones (excluding diaryl/α,β-unsaturated/α-hetero) is 1. The van der Waals surface area contributed by atoms with Gasteiger partial charge in [-0.1, -0.05) is 45.0 Å². The molecule has 2 aliphatic rings. The smallest absolute Gasteiger partial charge is 0.203 e. The molecule has 1 saturated heterocycles. The van der Waals surface area contributed by atoms with E-state index in [1.807, 2.05) is 62.2 Å². The number of carbonyl (C=O) groups is 1. The van der Waals surface area contributed by atoms with E-state index >= 15 is 0 Å². The molecule has 0 N–H and O–H groups in total. The van der Waals surface area contributed by atoms with E-state index in [1.165, 1.54) is 21.3 Å². The van der Waals surface area contributed by atoms with E-state index in [0.29, 0.717) is 22.8 Å². The van der Waals surface area contributed by atoms with Gasteiger partial charge in [0.25, 0.3) is 0 Å². The van der Waals surface area contributed by atoms with Crippen molar-refractivity contribution in [3.8, 4) is 29.4 Å². The van der Waals surface area contributed by atoms with Gasteiger partial charge in [-0.2, -0.15) is 10.5 Å². The molecule has 0 amide bonds. The molecular weight excluding hydrogens is 442 g/mol. The Balaban J connectivity index is 2.06. The van der Waals surface area contributed by atoms with Crippen LogP contribution < -0.4 is 14.2 Å². The third-order valence-corrected chi connectivity index (χ3v) is 7.00. The summed E-state index contributed by atoms with van der Waals surface area (Å²) in [7, 11) is 4.54. The Bertz CT molecular complexity index is 1240. The molecule has 2 aromatic carbocycles. The number of benzene rings is 2. The number of hydrogen-bond donors (Lipinski definition) is 0. The number of carbonyl (C=O) groups excluding carboxylic acids is 1. The van der Waals surface area contributed by atoms with Gasteiger partial charge < -0.3 is 19.1 Å². The molecule has 35 heavy (non-hydrogen) atoms. The Morgan fingerprint density at radius 2 is 1.60 bits per heavy atom. The molecule has 0 aliphatic carbocycles. The van der Waals surface area contributed by atoms with E-state index in [9.17, 15) is 15.3 Å². The van der Waals surface area contributed by atoms with E-state index in [1.54, 1.807) is 12.1 Å². The van der Waals surface area contributed by atoms with Gasteiger partial charge in [0.05, 0.1) is 45.6 Å². The van der Waals surface area contributed by atoms with Crippen LogP contribution in [0.25, 0.3) is 6.08 Å². The predicted octanol–water partition coefficient (Wildman–Crippen LogP) is 4.85. The van der Waals surface area contributed by atoms with Gasteiger partial charge in [-0.15, -0.1) is 0 Å². The summed E-state index contributed by atoms with van der Waals surface area (Å²) in [5.74, 6) is 0.359. The number of methoxy groups -OCH3 is 3. The molecule has 2 aromatic rings. The lowest BCUT2D eigenvalue weighted by molar-refractivity contribution is -0.130. The number of ether oxygens (including phenoxy) is 3. The maximum absolute atomic E-state index is 14.0. The Labute approximate surface area is 206 Å². The largest absolute Gasteiger partial charge is 0.493 e. The molecule has 0 bridgehead atoms. The van der Waals surface area contributed by atoms with E-state index in [0.717, 1.165) is 11.1 Å². The third kappa shape index (κ3) is 3.51. The van der Waals surface area contributed by atoms with Crippen LogP contribution in [0.15, 0.2) is 42.6 Å². The van der Waals surface area contributed by atoms with Crippen LogP contribution in [0, 0.1) is 33.5 Å². The topological polar surface area (TPSA) is 95.6 Å². The monoisotopic (exact) mass is 471 g/mol. The minimum absolute atomic E-state index is 0.0577. The number of nitrogens with zero attached hydrogens (tertiary/aromatic N) is 3. The Morgan fingerprint density at radius 1 is 1.00 bits per heavy atom. The first-order valence-corrected chi connectivity index (χ1v) is 11.4. The lowest BCUT2D eigenvalue weighted by Gasteiger charge is -2.36. The van der Waals surface area contributed by atoms with Gasteiger partial charge in [0, 0.05) is 17.5 Å². The SMILES string of the molecule is COc1cc([C@@H]2[C@H](C(=O)C(C)(C)C)N3C=Cc4ccccc4[C@H]3C2(C#N)C#N)cc(OC)c1OC. The first kappa shape index (κ1) is 24.2. The van der Waals surface area contributed by atoms with Crippen LogP contribution in [0.5, 0.6) is 17.2 Å². The standard InChI is InChI=1S/C28H29N3O4/c1-27(2,3)26(32)23-22(18-13-20(33-4)24(35-6)21(14-18)34-5)28(15-29,16-30)25-19-10-8-7-9-17(19)11-12-31(23)25/h7-14,22-23,25H,1-6H3/t22-,23-,25+/m1/s1. The molecular formula is C28H29N3O4. The van der Waals surface area contributed by atoms with Crippen molar-refractivity contribution in [3.63, 3.8) is 0 Å². The molecule has 7 heteroatoms. The van der Waals surface area contributed by atoms with E-state index in [-0.39, 0.29) is 5.78 Å². The zero-order valence-electron chi connectivity index (χ0n) is 20.8. The van der Waals surface area contributed by atoms with Crippen LogP contribution in [0.1, 0.15) is 49.4 Å². The maximum atomic E-state index is 14.0. The summed E-state index contributed by atoms with van der Waals surface area (Å²) < 4.78 is 16.6. The molecule has 0 spiro atoms. The van der Waals surface area contributed by atoms with Crippen molar-refractivity contribution >= 4 is 11.9 Å². The highest BCUT2D eigenvalue weighted by Gasteiger charge is 2.64. The van der Waals surface area contributed by atoms with Crippen molar-refractivity contribution in [1.29, 1.82) is 10.5 Å². The summed E-state index contributed by atoms with van der Waals surface area (Å²) in [6.07, 6.45) is 3.79.